The number of hydrogen-bond acceptors (Lipinski definition) is 6. The van der Waals surface area contributed by atoms with Crippen molar-refractivity contribution in [3.63, 3.8) is 0 Å². The molecule has 0 saturated heterocycles. The van der Waals surface area contributed by atoms with E-state index in [-0.39, 0.29) is 6.61 Å². The molecule has 0 spiro atoms. The van der Waals surface area contributed by atoms with E-state index in [1.54, 1.807) is 6.33 Å². The third kappa shape index (κ3) is 2.99. The van der Waals surface area contributed by atoms with Crippen LogP contribution in [0.4, 0.5) is 5.82 Å². The lowest BCUT2D eigenvalue weighted by molar-refractivity contribution is 0.301. The van der Waals surface area contributed by atoms with Crippen LogP contribution in [0.2, 0.25) is 0 Å². The number of fused-ring (bicyclic) bond motifs is 4. The number of aliphatic hydroxyl groups excluding tert-OH is 1. The molecular formula is C22H22N4O2. The molecule has 0 radical (unpaired) electrons. The molecule has 5 rings (SSSR count). The van der Waals surface area contributed by atoms with Gasteiger partial charge in [-0.2, -0.15) is 0 Å². The van der Waals surface area contributed by atoms with E-state index in [0.717, 1.165) is 35.0 Å². The van der Waals surface area contributed by atoms with Gasteiger partial charge < -0.3 is 14.4 Å². The summed E-state index contributed by atoms with van der Waals surface area (Å²) in [7, 11) is 0. The second kappa shape index (κ2) is 7.20. The maximum Gasteiger partial charge on any atom is 0.229 e. The number of hydrogen-bond donors (Lipinski definition) is 1. The molecule has 0 aliphatic heterocycles. The van der Waals surface area contributed by atoms with Gasteiger partial charge in [-0.15, -0.1) is 0 Å². The van der Waals surface area contributed by atoms with Crippen molar-refractivity contribution in [1.82, 2.24) is 15.0 Å². The molecule has 1 aromatic carbocycles. The third-order valence-electron chi connectivity index (χ3n) is 5.39. The number of nitrogens with zero attached hydrogens (tertiary/aromatic N) is 4. The van der Waals surface area contributed by atoms with Crippen LogP contribution in [0.25, 0.3) is 22.2 Å². The van der Waals surface area contributed by atoms with Gasteiger partial charge in [-0.3, -0.25) is 0 Å². The first kappa shape index (κ1) is 17.1. The molecule has 3 heterocycles. The van der Waals surface area contributed by atoms with Gasteiger partial charge in [-0.1, -0.05) is 30.3 Å². The number of anilines is 1. The van der Waals surface area contributed by atoms with Gasteiger partial charge in [0.15, 0.2) is 11.4 Å². The Morgan fingerprint density at radius 3 is 2.79 bits per heavy atom. The molecule has 6 heteroatoms. The highest BCUT2D eigenvalue weighted by molar-refractivity contribution is 6.04. The van der Waals surface area contributed by atoms with Crippen LogP contribution in [0.15, 0.2) is 47.1 Å². The average molecular weight is 374 g/mol. The Morgan fingerprint density at radius 1 is 1.07 bits per heavy atom. The monoisotopic (exact) mass is 374 g/mol. The van der Waals surface area contributed by atoms with E-state index in [9.17, 15) is 5.11 Å². The molecule has 3 aromatic heterocycles. The molecular weight excluding hydrogens is 352 g/mol. The van der Waals surface area contributed by atoms with E-state index in [0.29, 0.717) is 30.2 Å². The Balaban J connectivity index is 1.63. The van der Waals surface area contributed by atoms with Crippen molar-refractivity contribution in [1.29, 1.82) is 0 Å². The van der Waals surface area contributed by atoms with E-state index < -0.39 is 0 Å². The number of aliphatic hydroxyl groups is 1. The van der Waals surface area contributed by atoms with E-state index in [1.807, 2.05) is 23.1 Å². The summed E-state index contributed by atoms with van der Waals surface area (Å²) < 4.78 is 6.16. The van der Waals surface area contributed by atoms with Crippen LogP contribution < -0.4 is 4.90 Å². The summed E-state index contributed by atoms with van der Waals surface area (Å²) in [6, 6.07) is 12.3. The van der Waals surface area contributed by atoms with E-state index in [2.05, 4.69) is 28.2 Å². The van der Waals surface area contributed by atoms with Crippen LogP contribution in [-0.4, -0.2) is 33.2 Å². The fraction of sp³-hybridized carbons (Fsp3) is 0.318. The Hall–Kier alpha value is -2.99. The number of aromatic nitrogens is 3. The second-order valence-electron chi connectivity index (χ2n) is 7.26. The van der Waals surface area contributed by atoms with Crippen LogP contribution in [0, 0.1) is 0 Å². The number of furan rings is 1. The van der Waals surface area contributed by atoms with Gasteiger partial charge in [-0.25, -0.2) is 15.0 Å². The summed E-state index contributed by atoms with van der Waals surface area (Å²) in [4.78, 5) is 15.8. The first-order valence-electron chi connectivity index (χ1n) is 9.79. The summed E-state index contributed by atoms with van der Waals surface area (Å²) in [5, 5.41) is 10.6. The number of rotatable bonds is 5. The summed E-state index contributed by atoms with van der Waals surface area (Å²) in [5.74, 6) is 0.693. The lowest BCUT2D eigenvalue weighted by Gasteiger charge is -2.22. The molecule has 1 aliphatic rings. The Labute approximate surface area is 162 Å². The zero-order valence-corrected chi connectivity index (χ0v) is 15.6. The normalized spacial score (nSPS) is 13.8. The molecule has 142 valence electrons. The lowest BCUT2D eigenvalue weighted by Crippen LogP contribution is -2.27. The molecule has 0 atom stereocenters. The number of pyridine rings is 1. The fourth-order valence-electron chi connectivity index (χ4n) is 4.02. The predicted octanol–water partition coefficient (Wildman–Crippen LogP) is 3.65. The molecule has 28 heavy (non-hydrogen) atoms. The van der Waals surface area contributed by atoms with Crippen molar-refractivity contribution < 1.29 is 9.52 Å². The van der Waals surface area contributed by atoms with Crippen molar-refractivity contribution in [2.75, 3.05) is 18.1 Å². The molecule has 0 unspecified atom stereocenters. The van der Waals surface area contributed by atoms with Crippen molar-refractivity contribution in [3.8, 4) is 0 Å². The smallest absolute Gasteiger partial charge is 0.229 e. The number of benzene rings is 1. The highest BCUT2D eigenvalue weighted by Gasteiger charge is 2.21. The van der Waals surface area contributed by atoms with Crippen LogP contribution >= 0.6 is 0 Å². The molecule has 0 saturated carbocycles. The van der Waals surface area contributed by atoms with Gasteiger partial charge in [0.2, 0.25) is 5.71 Å². The van der Waals surface area contributed by atoms with Crippen LogP contribution in [0.1, 0.15) is 29.7 Å². The molecule has 4 aromatic rings. The summed E-state index contributed by atoms with van der Waals surface area (Å²) in [6.45, 7) is 1.13. The minimum Gasteiger partial charge on any atom is -0.432 e. The Bertz CT molecular complexity index is 1120. The summed E-state index contributed by atoms with van der Waals surface area (Å²) in [6.07, 6.45) is 6.02. The first-order chi connectivity index (χ1) is 13.8. The highest BCUT2D eigenvalue weighted by atomic mass is 16.3. The van der Waals surface area contributed by atoms with Gasteiger partial charge in [0.25, 0.3) is 0 Å². The second-order valence-corrected chi connectivity index (χ2v) is 7.26. The minimum atomic E-state index is 0.0328. The van der Waals surface area contributed by atoms with Gasteiger partial charge in [0.05, 0.1) is 12.0 Å². The average Bonchev–Trinajstić information content (AvgIpc) is 3.10. The predicted molar refractivity (Wildman–Crippen MR) is 108 cm³/mol. The van der Waals surface area contributed by atoms with E-state index >= 15 is 0 Å². The molecule has 1 aliphatic carbocycles. The van der Waals surface area contributed by atoms with Crippen LogP contribution in [-0.2, 0) is 19.4 Å². The van der Waals surface area contributed by atoms with Crippen molar-refractivity contribution in [3.05, 3.63) is 59.5 Å². The summed E-state index contributed by atoms with van der Waals surface area (Å²) >= 11 is 0. The number of aryl methyl sites for hydroxylation is 2. The first-order valence-corrected chi connectivity index (χ1v) is 9.79. The van der Waals surface area contributed by atoms with Crippen molar-refractivity contribution in [2.45, 2.75) is 32.2 Å². The largest absolute Gasteiger partial charge is 0.432 e. The molecule has 0 bridgehead atoms. The fourth-order valence-corrected chi connectivity index (χ4v) is 4.02. The van der Waals surface area contributed by atoms with Crippen molar-refractivity contribution in [2.24, 2.45) is 0 Å². The van der Waals surface area contributed by atoms with Crippen LogP contribution in [0.3, 0.4) is 0 Å². The SMILES string of the molecule is OCCN(Cc1ccccc1)c1ncnc2c1oc1nc3c(cc12)CCCC3. The van der Waals surface area contributed by atoms with Gasteiger partial charge in [-0.05, 0) is 42.9 Å². The zero-order chi connectivity index (χ0) is 18.9. The maximum atomic E-state index is 9.60. The van der Waals surface area contributed by atoms with Gasteiger partial charge >= 0.3 is 0 Å². The quantitative estimate of drug-likeness (QED) is 0.575. The standard InChI is InChI=1S/C22H22N4O2/c27-11-10-26(13-15-6-2-1-3-7-15)21-20-19(23-14-24-21)17-12-16-8-4-5-9-18(16)25-22(17)28-20/h1-3,6-7,12,14,27H,4-5,8-11,13H2. The van der Waals surface area contributed by atoms with Crippen molar-refractivity contribution >= 4 is 28.0 Å². The lowest BCUT2D eigenvalue weighted by atomic mass is 9.95. The van der Waals surface area contributed by atoms with Gasteiger partial charge in [0, 0.05) is 18.8 Å². The molecule has 0 amide bonds. The third-order valence-corrected chi connectivity index (χ3v) is 5.39. The zero-order valence-electron chi connectivity index (χ0n) is 15.6. The highest BCUT2D eigenvalue weighted by Crippen LogP contribution is 2.34. The topological polar surface area (TPSA) is 75.3 Å². The Morgan fingerprint density at radius 2 is 1.93 bits per heavy atom. The van der Waals surface area contributed by atoms with E-state index in [4.69, 9.17) is 9.40 Å². The molecule has 1 N–H and O–H groups in total. The summed E-state index contributed by atoms with van der Waals surface area (Å²) in [5.41, 5.74) is 5.64. The Kier molecular flexibility index (Phi) is 4.41. The molecule has 6 nitrogen and oxygen atoms in total. The van der Waals surface area contributed by atoms with Gasteiger partial charge in [0.1, 0.15) is 11.8 Å². The van der Waals surface area contributed by atoms with Crippen LogP contribution in [0.5, 0.6) is 0 Å². The molecule has 0 fully saturated rings. The minimum absolute atomic E-state index is 0.0328. The maximum absolute atomic E-state index is 9.60. The van der Waals surface area contributed by atoms with E-state index in [1.165, 1.54) is 18.4 Å².